The zero-order chi connectivity index (χ0) is 17.2. The van der Waals surface area contributed by atoms with Gasteiger partial charge in [0.25, 0.3) is 0 Å². The molecule has 24 heavy (non-hydrogen) atoms. The van der Waals surface area contributed by atoms with Gasteiger partial charge in [0.15, 0.2) is 0 Å². The summed E-state index contributed by atoms with van der Waals surface area (Å²) in [7, 11) is 0. The fourth-order valence-corrected chi connectivity index (χ4v) is 3.71. The van der Waals surface area contributed by atoms with E-state index < -0.39 is 5.60 Å². The summed E-state index contributed by atoms with van der Waals surface area (Å²) in [6.07, 6.45) is 4.38. The number of likely N-dealkylation sites (tertiary alicyclic amines) is 1. The first-order valence-corrected chi connectivity index (χ1v) is 9.78. The van der Waals surface area contributed by atoms with Gasteiger partial charge in [0, 0.05) is 30.7 Å². The third-order valence-corrected chi connectivity index (χ3v) is 5.94. The molecule has 4 heteroatoms. The number of hydrogen-bond donors (Lipinski definition) is 2. The van der Waals surface area contributed by atoms with Crippen LogP contribution in [-0.4, -0.2) is 42.2 Å². The molecule has 0 radical (unpaired) electrons. The molecule has 134 valence electrons. The summed E-state index contributed by atoms with van der Waals surface area (Å²) >= 11 is 5.97. The van der Waals surface area contributed by atoms with Gasteiger partial charge in [-0.1, -0.05) is 37.6 Å². The van der Waals surface area contributed by atoms with Crippen molar-refractivity contribution in [2.45, 2.75) is 51.2 Å². The van der Waals surface area contributed by atoms with Gasteiger partial charge in [-0.3, -0.25) is 0 Å². The highest BCUT2D eigenvalue weighted by molar-refractivity contribution is 6.30. The second-order valence-corrected chi connectivity index (χ2v) is 8.48. The van der Waals surface area contributed by atoms with Crippen LogP contribution < -0.4 is 5.32 Å². The maximum Gasteiger partial charge on any atom is 0.0920 e. The van der Waals surface area contributed by atoms with Gasteiger partial charge in [0.05, 0.1) is 5.60 Å². The molecule has 2 fully saturated rings. The molecule has 2 N–H and O–H groups in total. The van der Waals surface area contributed by atoms with Crippen molar-refractivity contribution in [3.63, 3.8) is 0 Å². The van der Waals surface area contributed by atoms with Crippen LogP contribution in [0.1, 0.15) is 45.1 Å². The number of aliphatic hydroxyl groups is 1. The van der Waals surface area contributed by atoms with Crippen molar-refractivity contribution >= 4 is 11.6 Å². The normalized spacial score (nSPS) is 22.7. The number of nitrogens with one attached hydrogen (secondary N) is 1. The van der Waals surface area contributed by atoms with E-state index in [9.17, 15) is 5.11 Å². The highest BCUT2D eigenvalue weighted by Gasteiger charge is 2.34. The summed E-state index contributed by atoms with van der Waals surface area (Å²) in [6.45, 7) is 8.77. The number of hydrogen-bond acceptors (Lipinski definition) is 3. The maximum absolute atomic E-state index is 11.0. The molecule has 2 aliphatic rings. The van der Waals surface area contributed by atoms with Crippen LogP contribution in [0.2, 0.25) is 5.02 Å². The summed E-state index contributed by atoms with van der Waals surface area (Å²) in [6, 6.07) is 8.22. The van der Waals surface area contributed by atoms with Crippen LogP contribution in [0.4, 0.5) is 0 Å². The number of halogens is 1. The minimum Gasteiger partial charge on any atom is -0.385 e. The Morgan fingerprint density at radius 2 is 1.83 bits per heavy atom. The SMILES string of the molecule is CC(C)[C@H](CN1CCC(O)(c2ccc(Cl)cc2)CC1)NCC1CC1. The Kier molecular flexibility index (Phi) is 5.86. The molecule has 1 aliphatic heterocycles. The van der Waals surface area contributed by atoms with Gasteiger partial charge in [-0.2, -0.15) is 0 Å². The minimum atomic E-state index is -0.699. The summed E-state index contributed by atoms with van der Waals surface area (Å²) in [5.41, 5.74) is 0.300. The van der Waals surface area contributed by atoms with E-state index in [1.165, 1.54) is 19.4 Å². The van der Waals surface area contributed by atoms with E-state index in [1.54, 1.807) is 0 Å². The van der Waals surface area contributed by atoms with Crippen LogP contribution in [0, 0.1) is 11.8 Å². The predicted octanol–water partition coefficient (Wildman–Crippen LogP) is 3.65. The average molecular weight is 351 g/mol. The smallest absolute Gasteiger partial charge is 0.0920 e. The lowest BCUT2D eigenvalue weighted by atomic mass is 9.84. The van der Waals surface area contributed by atoms with Gasteiger partial charge < -0.3 is 15.3 Å². The first kappa shape index (κ1) is 18.2. The van der Waals surface area contributed by atoms with Gasteiger partial charge in [-0.05, 0) is 61.8 Å². The zero-order valence-corrected chi connectivity index (χ0v) is 15.7. The van der Waals surface area contributed by atoms with Crippen LogP contribution in [-0.2, 0) is 5.60 Å². The van der Waals surface area contributed by atoms with Gasteiger partial charge in [-0.15, -0.1) is 0 Å². The molecule has 0 unspecified atom stereocenters. The third-order valence-electron chi connectivity index (χ3n) is 5.69. The van der Waals surface area contributed by atoms with Crippen molar-refractivity contribution in [1.29, 1.82) is 0 Å². The Morgan fingerprint density at radius 3 is 2.38 bits per heavy atom. The lowest BCUT2D eigenvalue weighted by molar-refractivity contribution is -0.0284. The molecule has 0 bridgehead atoms. The number of rotatable bonds is 7. The molecule has 0 amide bonds. The van der Waals surface area contributed by atoms with E-state index in [0.29, 0.717) is 12.0 Å². The standard InChI is InChI=1S/C20H31ClN2O/c1-15(2)19(22-13-16-3-4-16)14-23-11-9-20(24,10-12-23)17-5-7-18(21)8-6-17/h5-8,15-16,19,22,24H,3-4,9-14H2,1-2H3/t19-/m0/s1. The lowest BCUT2D eigenvalue weighted by Crippen LogP contribution is -2.49. The van der Waals surface area contributed by atoms with Crippen LogP contribution in [0.5, 0.6) is 0 Å². The van der Waals surface area contributed by atoms with Crippen LogP contribution >= 0.6 is 11.6 Å². The minimum absolute atomic E-state index is 0.548. The molecule has 3 nitrogen and oxygen atoms in total. The maximum atomic E-state index is 11.0. The van der Waals surface area contributed by atoms with E-state index in [-0.39, 0.29) is 0 Å². The van der Waals surface area contributed by atoms with E-state index in [4.69, 9.17) is 11.6 Å². The second kappa shape index (κ2) is 7.74. The van der Waals surface area contributed by atoms with Gasteiger partial charge in [-0.25, -0.2) is 0 Å². The molecule has 1 saturated heterocycles. The van der Waals surface area contributed by atoms with Gasteiger partial charge in [0.1, 0.15) is 0 Å². The topological polar surface area (TPSA) is 35.5 Å². The summed E-state index contributed by atoms with van der Waals surface area (Å²) < 4.78 is 0. The Hall–Kier alpha value is -0.610. The molecule has 1 aromatic carbocycles. The molecular formula is C20H31ClN2O. The van der Waals surface area contributed by atoms with E-state index in [1.807, 2.05) is 24.3 Å². The molecular weight excluding hydrogens is 320 g/mol. The van der Waals surface area contributed by atoms with Crippen molar-refractivity contribution in [2.75, 3.05) is 26.2 Å². The molecule has 1 atom stereocenters. The van der Waals surface area contributed by atoms with Gasteiger partial charge >= 0.3 is 0 Å². The predicted molar refractivity (Wildman–Crippen MR) is 100 cm³/mol. The van der Waals surface area contributed by atoms with E-state index in [0.717, 1.165) is 49.0 Å². The van der Waals surface area contributed by atoms with Crippen molar-refractivity contribution < 1.29 is 5.11 Å². The van der Waals surface area contributed by atoms with Crippen molar-refractivity contribution in [3.05, 3.63) is 34.9 Å². The number of benzene rings is 1. The molecule has 1 aliphatic carbocycles. The van der Waals surface area contributed by atoms with Crippen molar-refractivity contribution in [2.24, 2.45) is 11.8 Å². The number of nitrogens with zero attached hydrogens (tertiary/aromatic N) is 1. The summed E-state index contributed by atoms with van der Waals surface area (Å²) in [5, 5.41) is 15.5. The largest absolute Gasteiger partial charge is 0.385 e. The Morgan fingerprint density at radius 1 is 1.21 bits per heavy atom. The summed E-state index contributed by atoms with van der Waals surface area (Å²) in [5.74, 6) is 1.56. The Balaban J connectivity index is 1.52. The lowest BCUT2D eigenvalue weighted by Gasteiger charge is -2.40. The van der Waals surface area contributed by atoms with Crippen molar-refractivity contribution in [3.8, 4) is 0 Å². The Bertz CT molecular complexity index is 519. The highest BCUT2D eigenvalue weighted by Crippen LogP contribution is 2.33. The van der Waals surface area contributed by atoms with Crippen LogP contribution in [0.25, 0.3) is 0 Å². The zero-order valence-electron chi connectivity index (χ0n) is 15.0. The van der Waals surface area contributed by atoms with Crippen molar-refractivity contribution in [1.82, 2.24) is 10.2 Å². The summed E-state index contributed by atoms with van der Waals surface area (Å²) in [4.78, 5) is 2.51. The monoisotopic (exact) mass is 350 g/mol. The van der Waals surface area contributed by atoms with E-state index in [2.05, 4.69) is 24.1 Å². The quantitative estimate of drug-likeness (QED) is 0.788. The molecule has 1 saturated carbocycles. The number of piperidine rings is 1. The first-order chi connectivity index (χ1) is 11.5. The van der Waals surface area contributed by atoms with E-state index >= 15 is 0 Å². The fraction of sp³-hybridized carbons (Fsp3) is 0.700. The molecule has 1 aromatic rings. The first-order valence-electron chi connectivity index (χ1n) is 9.40. The van der Waals surface area contributed by atoms with Crippen LogP contribution in [0.15, 0.2) is 24.3 Å². The highest BCUT2D eigenvalue weighted by atomic mass is 35.5. The second-order valence-electron chi connectivity index (χ2n) is 8.04. The molecule has 0 spiro atoms. The average Bonchev–Trinajstić information content (AvgIpc) is 3.38. The molecule has 0 aromatic heterocycles. The molecule has 3 rings (SSSR count). The van der Waals surface area contributed by atoms with Gasteiger partial charge in [0.2, 0.25) is 0 Å². The molecule has 1 heterocycles. The van der Waals surface area contributed by atoms with Crippen LogP contribution in [0.3, 0.4) is 0 Å². The Labute approximate surface area is 151 Å². The fourth-order valence-electron chi connectivity index (χ4n) is 3.58. The third kappa shape index (κ3) is 4.72.